The molecule has 0 spiro atoms. The number of nitrogens with two attached hydrogens (primary N) is 1. The predicted molar refractivity (Wildman–Crippen MR) is 128 cm³/mol. The van der Waals surface area contributed by atoms with Crippen LogP contribution in [-0.2, 0) is 30.5 Å². The first-order valence-electron chi connectivity index (χ1n) is 10.8. The van der Waals surface area contributed by atoms with Gasteiger partial charge in [0.2, 0.25) is 18.3 Å². The zero-order chi connectivity index (χ0) is 26.1. The van der Waals surface area contributed by atoms with Crippen molar-refractivity contribution in [3.8, 4) is 0 Å². The van der Waals surface area contributed by atoms with E-state index in [9.17, 15) is 19.5 Å². The summed E-state index contributed by atoms with van der Waals surface area (Å²) in [5, 5.41) is 17.9. The number of nitrogens with one attached hydrogen (secondary N) is 1. The van der Waals surface area contributed by atoms with E-state index in [0.29, 0.717) is 11.3 Å². The minimum atomic E-state index is -1.46. The van der Waals surface area contributed by atoms with Gasteiger partial charge in [-0.25, -0.2) is 8.97 Å². The average Bonchev–Trinajstić information content (AvgIpc) is 3.50. The molecule has 5 rings (SSSR count). The summed E-state index contributed by atoms with van der Waals surface area (Å²) in [6, 6.07) is 4.67. The third-order valence-corrected chi connectivity index (χ3v) is 7.53. The lowest BCUT2D eigenvalue weighted by molar-refractivity contribution is -0.662. The number of nitrogens with zero attached hydrogens (tertiary/aromatic N) is 6. The summed E-state index contributed by atoms with van der Waals surface area (Å²) in [6.07, 6.45) is 5.57. The second-order valence-electron chi connectivity index (χ2n) is 7.92. The van der Waals surface area contributed by atoms with Crippen LogP contribution in [0.15, 0.2) is 53.2 Å². The number of aromatic nitrogens is 4. The van der Waals surface area contributed by atoms with Crippen LogP contribution in [-0.4, -0.2) is 73.2 Å². The Labute approximate surface area is 217 Å². The van der Waals surface area contributed by atoms with Gasteiger partial charge in [-0.1, -0.05) is 11.2 Å². The highest BCUT2D eigenvalue weighted by atomic mass is 32.2. The molecule has 0 aliphatic carbocycles. The fraction of sp³-hybridized carbons (Fsp3) is 0.286. The number of ether oxygens (including phenoxy) is 1. The van der Waals surface area contributed by atoms with Crippen molar-refractivity contribution in [2.24, 2.45) is 5.16 Å². The normalized spacial score (nSPS) is 19.5. The number of carbonyl (C=O) groups is 3. The quantitative estimate of drug-likeness (QED) is 0.0770. The smallest absolute Gasteiger partial charge is 0.286 e. The lowest BCUT2D eigenvalue weighted by Gasteiger charge is -2.50. The summed E-state index contributed by atoms with van der Waals surface area (Å²) < 4.78 is 12.5. The molecule has 2 amide bonds. The highest BCUT2D eigenvalue weighted by Gasteiger charge is 2.53. The van der Waals surface area contributed by atoms with E-state index >= 15 is 0 Å². The first-order valence-corrected chi connectivity index (χ1v) is 12.6. The number of anilines is 1. The molecule has 0 saturated carbocycles. The molecule has 1 fully saturated rings. The molecule has 3 N–H and O–H groups in total. The molecule has 3 aromatic rings. The second kappa shape index (κ2) is 10.2. The number of β-lactam (4-membered cyclic amide) rings is 1. The van der Waals surface area contributed by atoms with E-state index in [-0.39, 0.29) is 35.7 Å². The standard InChI is InChI=1S/C21H20N8O6S2/c1-34-10-35-25-13(16-24-21(22)37-26-16)17(30)23-14-18(31)29-15(20(32)33)11(9-36-19(14)29)8-28-7-6-27-5-3-2-4-12(27)28/h2-7,14,19H,8-10H2,1H3,(H3-,22,23,24,26,30,32,33)/b25-13-/t14-,19-/m1/s1. The van der Waals surface area contributed by atoms with E-state index in [1.165, 1.54) is 18.9 Å². The van der Waals surface area contributed by atoms with E-state index < -0.39 is 29.2 Å². The lowest BCUT2D eigenvalue weighted by atomic mass is 10.0. The van der Waals surface area contributed by atoms with Gasteiger partial charge in [0.1, 0.15) is 30.4 Å². The number of hydrogen-bond acceptors (Lipinski definition) is 12. The minimum Gasteiger partial charge on any atom is -0.543 e. The third-order valence-electron chi connectivity index (χ3n) is 5.65. The van der Waals surface area contributed by atoms with E-state index in [1.807, 2.05) is 45.8 Å². The van der Waals surface area contributed by atoms with Crippen molar-refractivity contribution in [2.75, 3.05) is 25.4 Å². The number of oxime groups is 1. The molecular weight excluding hydrogens is 524 g/mol. The van der Waals surface area contributed by atoms with Gasteiger partial charge >= 0.3 is 0 Å². The number of amides is 2. The predicted octanol–water partition coefficient (Wildman–Crippen LogP) is -1.91. The highest BCUT2D eigenvalue weighted by Crippen LogP contribution is 2.40. The second-order valence-corrected chi connectivity index (χ2v) is 9.81. The summed E-state index contributed by atoms with van der Waals surface area (Å²) in [7, 11) is 1.38. The molecule has 1 saturated heterocycles. The zero-order valence-corrected chi connectivity index (χ0v) is 20.9. The van der Waals surface area contributed by atoms with Crippen molar-refractivity contribution in [1.82, 2.24) is 24.0 Å². The Kier molecular flexibility index (Phi) is 6.77. The highest BCUT2D eigenvalue weighted by molar-refractivity contribution is 8.00. The first kappa shape index (κ1) is 24.7. The van der Waals surface area contributed by atoms with Gasteiger partial charge in [0.05, 0.1) is 17.9 Å². The maximum atomic E-state index is 13.1. The maximum absolute atomic E-state index is 13.1. The Morgan fingerprint density at radius 2 is 2.22 bits per heavy atom. The number of nitrogen functional groups attached to an aromatic ring is 1. The number of carbonyl (C=O) groups excluding carboxylic acids is 3. The van der Waals surface area contributed by atoms with Gasteiger partial charge in [-0.15, -0.1) is 11.8 Å². The molecule has 37 heavy (non-hydrogen) atoms. The molecule has 16 heteroatoms. The number of carboxylic acids is 1. The molecule has 192 valence electrons. The SMILES string of the molecule is COCO/N=C(\C(=O)N[C@@H]1C(=O)N2C(C(=O)[O-])=C(C[n+]3ccn4ccccc43)CS[C@H]12)c1nsc(N)n1. The monoisotopic (exact) mass is 544 g/mol. The van der Waals surface area contributed by atoms with Crippen LogP contribution in [0.1, 0.15) is 5.82 Å². The zero-order valence-electron chi connectivity index (χ0n) is 19.3. The van der Waals surface area contributed by atoms with Crippen molar-refractivity contribution in [3.63, 3.8) is 0 Å². The summed E-state index contributed by atoms with van der Waals surface area (Å²) in [5.41, 5.74) is 6.51. The Morgan fingerprint density at radius 1 is 1.38 bits per heavy atom. The number of rotatable bonds is 9. The number of carboxylic acid groups (broad SMARTS) is 1. The van der Waals surface area contributed by atoms with Crippen LogP contribution in [0.25, 0.3) is 5.65 Å². The van der Waals surface area contributed by atoms with Gasteiger partial charge in [-0.05, 0) is 6.07 Å². The molecular formula is C21H20N8O6S2. The van der Waals surface area contributed by atoms with Gasteiger partial charge in [0.25, 0.3) is 17.5 Å². The first-order chi connectivity index (χ1) is 17.9. The van der Waals surface area contributed by atoms with Gasteiger partial charge < -0.3 is 30.5 Å². The van der Waals surface area contributed by atoms with Crippen LogP contribution < -0.4 is 20.7 Å². The molecule has 0 radical (unpaired) electrons. The van der Waals surface area contributed by atoms with E-state index in [0.717, 1.165) is 22.1 Å². The summed E-state index contributed by atoms with van der Waals surface area (Å²) in [4.78, 5) is 48.2. The minimum absolute atomic E-state index is 0.0783. The number of thioether (sulfide) groups is 1. The Hall–Kier alpha value is -4.02. The van der Waals surface area contributed by atoms with Gasteiger partial charge in [-0.2, -0.15) is 9.36 Å². The fourth-order valence-corrected chi connectivity index (χ4v) is 5.82. The summed E-state index contributed by atoms with van der Waals surface area (Å²) >= 11 is 2.20. The molecule has 0 aromatic carbocycles. The number of aliphatic carboxylic acids is 1. The van der Waals surface area contributed by atoms with Crippen molar-refractivity contribution in [2.45, 2.75) is 18.0 Å². The van der Waals surface area contributed by atoms with E-state index in [4.69, 9.17) is 15.3 Å². The number of pyridine rings is 1. The molecule has 2 aliphatic heterocycles. The molecule has 0 unspecified atom stereocenters. The number of hydrogen-bond donors (Lipinski definition) is 2. The van der Waals surface area contributed by atoms with Gasteiger partial charge in [0.15, 0.2) is 5.13 Å². The van der Waals surface area contributed by atoms with Crippen molar-refractivity contribution < 1.29 is 33.6 Å². The molecule has 14 nitrogen and oxygen atoms in total. The van der Waals surface area contributed by atoms with Crippen LogP contribution in [0.5, 0.6) is 0 Å². The molecule has 2 aliphatic rings. The van der Waals surface area contributed by atoms with Gasteiger partial charge in [-0.3, -0.25) is 14.5 Å². The average molecular weight is 545 g/mol. The van der Waals surface area contributed by atoms with Crippen LogP contribution in [0.2, 0.25) is 0 Å². The molecule has 2 atom stereocenters. The van der Waals surface area contributed by atoms with Crippen LogP contribution >= 0.6 is 23.3 Å². The van der Waals surface area contributed by atoms with Crippen LogP contribution in [0, 0.1) is 0 Å². The Balaban J connectivity index is 1.36. The van der Waals surface area contributed by atoms with Crippen molar-refractivity contribution in [1.29, 1.82) is 0 Å². The topological polar surface area (TPSA) is 180 Å². The van der Waals surface area contributed by atoms with Crippen LogP contribution in [0.3, 0.4) is 0 Å². The lowest BCUT2D eigenvalue weighted by Crippen LogP contribution is -2.71. The molecule has 3 aromatic heterocycles. The number of fused-ring (bicyclic) bond motifs is 2. The molecule has 0 bridgehead atoms. The third kappa shape index (κ3) is 4.61. The Morgan fingerprint density at radius 3 is 2.95 bits per heavy atom. The fourth-order valence-electron chi connectivity index (χ4n) is 4.05. The maximum Gasteiger partial charge on any atom is 0.286 e. The van der Waals surface area contributed by atoms with E-state index in [2.05, 4.69) is 19.8 Å². The summed E-state index contributed by atoms with van der Waals surface area (Å²) in [5.74, 6) is -2.58. The number of imidazole rings is 1. The number of methoxy groups -OCH3 is 1. The van der Waals surface area contributed by atoms with Gasteiger partial charge in [0, 0.05) is 36.0 Å². The van der Waals surface area contributed by atoms with Crippen LogP contribution in [0.4, 0.5) is 5.13 Å². The van der Waals surface area contributed by atoms with Crippen molar-refractivity contribution in [3.05, 3.63) is 53.9 Å². The molecule has 5 heterocycles. The largest absolute Gasteiger partial charge is 0.543 e. The van der Waals surface area contributed by atoms with Crippen molar-refractivity contribution >= 4 is 57.6 Å². The Bertz CT molecular complexity index is 1450. The van der Waals surface area contributed by atoms with E-state index in [1.54, 1.807) is 0 Å². The summed E-state index contributed by atoms with van der Waals surface area (Å²) in [6.45, 7) is 0.0255.